The molecule has 0 amide bonds. The van der Waals surface area contributed by atoms with Crippen molar-refractivity contribution in [2.45, 2.75) is 26.9 Å². The van der Waals surface area contributed by atoms with Crippen LogP contribution in [0.5, 0.6) is 0 Å². The molecule has 3 rings (SSSR count). The van der Waals surface area contributed by atoms with Crippen LogP contribution in [0.15, 0.2) is 45.9 Å². The van der Waals surface area contributed by atoms with Gasteiger partial charge in [-0.15, -0.1) is 24.0 Å². The Hall–Kier alpha value is -2.36. The Labute approximate surface area is 169 Å². The number of aromatic amines is 1. The minimum absolute atomic E-state index is 0. The molecule has 0 aliphatic heterocycles. The van der Waals surface area contributed by atoms with E-state index in [2.05, 4.69) is 30.6 Å². The number of benzene rings is 1. The highest BCUT2D eigenvalue weighted by Gasteiger charge is 2.07. The maximum atomic E-state index is 5.55. The smallest absolute Gasteiger partial charge is 0.214 e. The van der Waals surface area contributed by atoms with Gasteiger partial charge in [-0.25, -0.2) is 9.97 Å². The van der Waals surface area contributed by atoms with Crippen molar-refractivity contribution in [3.8, 4) is 11.3 Å². The Balaban J connectivity index is 0.00000243. The zero-order valence-electron chi connectivity index (χ0n) is 15.0. The van der Waals surface area contributed by atoms with E-state index in [1.54, 1.807) is 7.05 Å². The van der Waals surface area contributed by atoms with Gasteiger partial charge in [-0.2, -0.15) is 0 Å². The van der Waals surface area contributed by atoms with Gasteiger partial charge in [0, 0.05) is 7.05 Å². The van der Waals surface area contributed by atoms with Crippen LogP contribution >= 0.6 is 24.0 Å². The van der Waals surface area contributed by atoms with Gasteiger partial charge in [0.2, 0.25) is 5.89 Å². The van der Waals surface area contributed by atoms with Crippen molar-refractivity contribution in [3.05, 3.63) is 59.7 Å². The molecule has 7 nitrogen and oxygen atoms in total. The summed E-state index contributed by atoms with van der Waals surface area (Å²) in [5.74, 6) is 2.97. The summed E-state index contributed by atoms with van der Waals surface area (Å²) < 4.78 is 5.55. The molecule has 0 spiro atoms. The Morgan fingerprint density at radius 1 is 1.15 bits per heavy atom. The molecule has 3 N–H and O–H groups in total. The number of nitrogens with zero attached hydrogens (tertiary/aromatic N) is 3. The number of imidazole rings is 1. The Morgan fingerprint density at radius 2 is 1.88 bits per heavy atom. The molecule has 8 heteroatoms. The maximum Gasteiger partial charge on any atom is 0.214 e. The van der Waals surface area contributed by atoms with Gasteiger partial charge in [0.05, 0.1) is 30.7 Å². The van der Waals surface area contributed by atoms with Crippen molar-refractivity contribution >= 4 is 29.9 Å². The lowest BCUT2D eigenvalue weighted by Crippen LogP contribution is -2.36. The van der Waals surface area contributed by atoms with Gasteiger partial charge >= 0.3 is 0 Å². The fourth-order valence-electron chi connectivity index (χ4n) is 2.38. The van der Waals surface area contributed by atoms with Crippen molar-refractivity contribution in [1.82, 2.24) is 25.6 Å². The maximum absolute atomic E-state index is 5.55. The highest BCUT2D eigenvalue weighted by Crippen LogP contribution is 2.15. The molecule has 3 aromatic rings. The third-order valence-electron chi connectivity index (χ3n) is 3.84. The lowest BCUT2D eigenvalue weighted by Gasteiger charge is -2.09. The number of halogens is 1. The van der Waals surface area contributed by atoms with Crippen molar-refractivity contribution in [2.24, 2.45) is 4.99 Å². The van der Waals surface area contributed by atoms with Gasteiger partial charge in [0.25, 0.3) is 0 Å². The van der Waals surface area contributed by atoms with Crippen molar-refractivity contribution in [1.29, 1.82) is 0 Å². The summed E-state index contributed by atoms with van der Waals surface area (Å²) in [6, 6.07) is 10.1. The van der Waals surface area contributed by atoms with Crippen LogP contribution in [-0.4, -0.2) is 28.0 Å². The number of oxazole rings is 1. The molecule has 0 radical (unpaired) electrons. The number of guanidine groups is 1. The number of H-pyrrole nitrogens is 1. The number of aromatic nitrogens is 3. The normalized spacial score (nSPS) is 11.1. The summed E-state index contributed by atoms with van der Waals surface area (Å²) >= 11 is 0. The van der Waals surface area contributed by atoms with Gasteiger partial charge in [-0.05, 0) is 19.4 Å². The fourth-order valence-corrected chi connectivity index (χ4v) is 2.38. The zero-order chi connectivity index (χ0) is 17.6. The van der Waals surface area contributed by atoms with E-state index >= 15 is 0 Å². The molecule has 0 unspecified atom stereocenters. The number of rotatable bonds is 5. The van der Waals surface area contributed by atoms with Gasteiger partial charge in [-0.3, -0.25) is 4.99 Å². The lowest BCUT2D eigenvalue weighted by atomic mass is 10.2. The van der Waals surface area contributed by atoms with E-state index < -0.39 is 0 Å². The Bertz CT molecular complexity index is 836. The van der Waals surface area contributed by atoms with Gasteiger partial charge < -0.3 is 20.0 Å². The second kappa shape index (κ2) is 9.37. The third-order valence-corrected chi connectivity index (χ3v) is 3.84. The fraction of sp³-hybridized carbons (Fsp3) is 0.278. The summed E-state index contributed by atoms with van der Waals surface area (Å²) in [7, 11) is 1.72. The van der Waals surface area contributed by atoms with Crippen LogP contribution in [0.4, 0.5) is 0 Å². The lowest BCUT2D eigenvalue weighted by molar-refractivity contribution is 0.463. The SMILES string of the molecule is CN=C(NCc1ncc(-c2ccccc2)[nH]1)NCc1nc(C)c(C)o1.I. The minimum Gasteiger partial charge on any atom is -0.444 e. The van der Waals surface area contributed by atoms with E-state index in [4.69, 9.17) is 4.42 Å². The van der Waals surface area contributed by atoms with Crippen molar-refractivity contribution in [2.75, 3.05) is 7.05 Å². The van der Waals surface area contributed by atoms with Crippen LogP contribution in [0.2, 0.25) is 0 Å². The van der Waals surface area contributed by atoms with Crippen LogP contribution in [0, 0.1) is 13.8 Å². The first-order valence-electron chi connectivity index (χ1n) is 8.12. The van der Waals surface area contributed by atoms with Gasteiger partial charge in [-0.1, -0.05) is 30.3 Å². The van der Waals surface area contributed by atoms with E-state index in [0.717, 1.165) is 28.5 Å². The van der Waals surface area contributed by atoms with Crippen molar-refractivity contribution in [3.63, 3.8) is 0 Å². The molecule has 0 saturated heterocycles. The van der Waals surface area contributed by atoms with Crippen LogP contribution in [0.1, 0.15) is 23.2 Å². The van der Waals surface area contributed by atoms with Crippen LogP contribution in [-0.2, 0) is 13.1 Å². The average molecular weight is 466 g/mol. The van der Waals surface area contributed by atoms with E-state index in [-0.39, 0.29) is 24.0 Å². The molecule has 1 aromatic carbocycles. The Morgan fingerprint density at radius 3 is 2.54 bits per heavy atom. The van der Waals surface area contributed by atoms with Crippen LogP contribution < -0.4 is 10.6 Å². The van der Waals surface area contributed by atoms with E-state index in [0.29, 0.717) is 24.9 Å². The first kappa shape index (κ1) is 20.0. The summed E-state index contributed by atoms with van der Waals surface area (Å²) in [6.45, 7) is 4.84. The summed E-state index contributed by atoms with van der Waals surface area (Å²) in [4.78, 5) is 16.2. The topological polar surface area (TPSA) is 91.1 Å². The van der Waals surface area contributed by atoms with Crippen LogP contribution in [0.25, 0.3) is 11.3 Å². The number of hydrogen-bond acceptors (Lipinski definition) is 4. The molecule has 0 aliphatic rings. The molecule has 0 atom stereocenters. The molecular weight excluding hydrogens is 443 g/mol. The average Bonchev–Trinajstić information content (AvgIpc) is 3.23. The molecule has 0 aliphatic carbocycles. The largest absolute Gasteiger partial charge is 0.444 e. The molecule has 2 aromatic heterocycles. The van der Waals surface area contributed by atoms with E-state index in [1.807, 2.05) is 50.4 Å². The highest BCUT2D eigenvalue weighted by atomic mass is 127. The number of hydrogen-bond donors (Lipinski definition) is 3. The van der Waals surface area contributed by atoms with Crippen molar-refractivity contribution < 1.29 is 4.42 Å². The van der Waals surface area contributed by atoms with E-state index in [1.165, 1.54) is 0 Å². The summed E-state index contributed by atoms with van der Waals surface area (Å²) in [5, 5.41) is 6.39. The standard InChI is InChI=1S/C18H22N6O.HI/c1-12-13(2)25-17(23-12)11-22-18(19-3)21-10-16-20-9-15(24-16)14-7-5-4-6-8-14;/h4-9H,10-11H2,1-3H3,(H,20,24)(H2,19,21,22);1H. The monoisotopic (exact) mass is 466 g/mol. The first-order valence-corrected chi connectivity index (χ1v) is 8.12. The molecular formula is C18H23IN6O. The second-order valence-electron chi connectivity index (χ2n) is 5.64. The van der Waals surface area contributed by atoms with Gasteiger partial charge in [0.1, 0.15) is 11.6 Å². The zero-order valence-corrected chi connectivity index (χ0v) is 17.4. The molecule has 0 fully saturated rings. The quantitative estimate of drug-likeness (QED) is 0.305. The first-order chi connectivity index (χ1) is 12.2. The summed E-state index contributed by atoms with van der Waals surface area (Å²) in [5.41, 5.74) is 3.01. The highest BCUT2D eigenvalue weighted by molar-refractivity contribution is 14.0. The second-order valence-corrected chi connectivity index (χ2v) is 5.64. The van der Waals surface area contributed by atoms with E-state index in [9.17, 15) is 0 Å². The minimum atomic E-state index is 0. The summed E-state index contributed by atoms with van der Waals surface area (Å²) in [6.07, 6.45) is 1.83. The number of aliphatic imine (C=N–C) groups is 1. The number of aryl methyl sites for hydroxylation is 2. The molecule has 138 valence electrons. The Kier molecular flexibility index (Phi) is 7.19. The predicted molar refractivity (Wildman–Crippen MR) is 112 cm³/mol. The molecule has 2 heterocycles. The molecule has 0 bridgehead atoms. The molecule has 0 saturated carbocycles. The van der Waals surface area contributed by atoms with Gasteiger partial charge in [0.15, 0.2) is 5.96 Å². The predicted octanol–water partition coefficient (Wildman–Crippen LogP) is 3.16. The third kappa shape index (κ3) is 5.07. The molecule has 26 heavy (non-hydrogen) atoms. The number of nitrogens with one attached hydrogen (secondary N) is 3. The van der Waals surface area contributed by atoms with Crippen LogP contribution in [0.3, 0.4) is 0 Å².